The van der Waals surface area contributed by atoms with E-state index in [0.717, 1.165) is 0 Å². The zero-order valence-corrected chi connectivity index (χ0v) is 11.2. The predicted molar refractivity (Wildman–Crippen MR) is 77.9 cm³/mol. The third-order valence-corrected chi connectivity index (χ3v) is 2.70. The van der Waals surface area contributed by atoms with Crippen molar-refractivity contribution in [2.75, 3.05) is 6.79 Å². The number of ether oxygens (including phenoxy) is 2. The summed E-state index contributed by atoms with van der Waals surface area (Å²) in [6, 6.07) is 5.06. The van der Waals surface area contributed by atoms with Gasteiger partial charge in [-0.2, -0.15) is 0 Å². The highest BCUT2D eigenvalue weighted by Gasteiger charge is 2.22. The Morgan fingerprint density at radius 2 is 2.00 bits per heavy atom. The summed E-state index contributed by atoms with van der Waals surface area (Å²) in [5.41, 5.74) is 0.642. The molecule has 0 amide bonds. The minimum Gasteiger partial charge on any atom is -0.454 e. The van der Waals surface area contributed by atoms with Crippen LogP contribution in [0.2, 0.25) is 0 Å². The molecule has 1 atom stereocenters. The van der Waals surface area contributed by atoms with Gasteiger partial charge in [0, 0.05) is 5.56 Å². The second-order valence-electron chi connectivity index (χ2n) is 5.55. The lowest BCUT2D eigenvalue weighted by Crippen LogP contribution is -2.53. The summed E-state index contributed by atoms with van der Waals surface area (Å²) >= 11 is 0. The van der Waals surface area contributed by atoms with Gasteiger partial charge < -0.3 is 14.8 Å². The molecule has 0 unspecified atom stereocenters. The van der Waals surface area contributed by atoms with Crippen LogP contribution in [0.4, 0.5) is 0 Å². The Labute approximate surface area is 110 Å². The Morgan fingerprint density at radius 3 is 2.67 bits per heavy atom. The Kier molecular flexibility index (Phi) is 3.44. The van der Waals surface area contributed by atoms with Gasteiger partial charge in [0.25, 0.3) is 0 Å². The highest BCUT2D eigenvalue weighted by molar-refractivity contribution is 6.59. The lowest BCUT2D eigenvalue weighted by molar-refractivity contribution is 0.0950. The predicted octanol–water partition coefficient (Wildman–Crippen LogP) is -1.91. The highest BCUT2D eigenvalue weighted by atomic mass is 16.7. The van der Waals surface area contributed by atoms with Crippen LogP contribution in [0.25, 0.3) is 0 Å². The first-order valence-electron chi connectivity index (χ1n) is 6.08. The Hall–Kier alpha value is -1.36. The summed E-state index contributed by atoms with van der Waals surface area (Å²) < 4.78 is 10.5. The Bertz CT molecular complexity index is 473. The van der Waals surface area contributed by atoms with Crippen LogP contribution in [0, 0.1) is 0 Å². The Morgan fingerprint density at radius 1 is 1.33 bits per heavy atom. The van der Waals surface area contributed by atoms with E-state index in [2.05, 4.69) is 5.32 Å². The number of fused-ring (bicyclic) bond motifs is 1. The molecule has 1 N–H and O–H groups in total. The molecule has 0 bridgehead atoms. The first-order valence-corrected chi connectivity index (χ1v) is 6.08. The largest absolute Gasteiger partial charge is 0.454 e. The van der Waals surface area contributed by atoms with Crippen LogP contribution in [-0.4, -0.2) is 47.4 Å². The van der Waals surface area contributed by atoms with E-state index in [1.54, 1.807) is 18.2 Å². The molecule has 7 heteroatoms. The topological polar surface area (TPSA) is 47.6 Å². The second-order valence-corrected chi connectivity index (χ2v) is 5.55. The van der Waals surface area contributed by atoms with Crippen molar-refractivity contribution in [1.82, 2.24) is 5.32 Å². The number of Topliss-reactive ketones (excluding diaryl/α,β-unsaturated/α-hetero) is 1. The first kappa shape index (κ1) is 13.1. The lowest BCUT2D eigenvalue weighted by Gasteiger charge is -2.25. The molecule has 1 aliphatic heterocycles. The zero-order valence-electron chi connectivity index (χ0n) is 11.2. The summed E-state index contributed by atoms with van der Waals surface area (Å²) in [4.78, 5) is 12.3. The zero-order chi connectivity index (χ0) is 13.3. The first-order chi connectivity index (χ1) is 8.37. The maximum Gasteiger partial charge on any atom is 0.231 e. The standard InChI is InChI=1S/C11H16B3NO3/c1-6(15-11(12,13)14)10(16)7-2-3-8-9(4-7)18-5-17-8/h2-4,6,15H,5,12-14H2,1H3/t6-/m0/s1. The SMILES string of the molecule is BC(B)(B)N[C@@H](C)C(=O)c1ccc2c(c1)OCO2. The Balaban J connectivity index is 2.14. The van der Waals surface area contributed by atoms with Crippen LogP contribution in [0.3, 0.4) is 0 Å². The molecule has 0 aromatic heterocycles. The van der Waals surface area contributed by atoms with Crippen LogP contribution >= 0.6 is 0 Å². The molecule has 1 heterocycles. The molecule has 0 saturated heterocycles. The maximum absolute atomic E-state index is 12.3. The van der Waals surface area contributed by atoms with Crippen LogP contribution < -0.4 is 14.8 Å². The molecular weight excluding hydrogens is 227 g/mol. The van der Waals surface area contributed by atoms with Crippen LogP contribution in [-0.2, 0) is 0 Å². The van der Waals surface area contributed by atoms with Gasteiger partial charge in [-0.15, -0.1) is 0 Å². The van der Waals surface area contributed by atoms with E-state index >= 15 is 0 Å². The fourth-order valence-electron chi connectivity index (χ4n) is 2.01. The van der Waals surface area contributed by atoms with Crippen LogP contribution in [0.15, 0.2) is 18.2 Å². The summed E-state index contributed by atoms with van der Waals surface area (Å²) in [6.07, 6.45) is 0. The van der Waals surface area contributed by atoms with Crippen LogP contribution in [0.5, 0.6) is 11.5 Å². The maximum atomic E-state index is 12.3. The number of rotatable bonds is 4. The summed E-state index contributed by atoms with van der Waals surface area (Å²) in [5, 5.41) is 3.17. The minimum absolute atomic E-state index is 0.0585. The van der Waals surface area contributed by atoms with Gasteiger partial charge in [-0.1, -0.05) is 5.24 Å². The molecule has 1 aliphatic rings. The molecular formula is C11H16B3NO3. The lowest BCUT2D eigenvalue weighted by atomic mass is 9.49. The van der Waals surface area contributed by atoms with E-state index in [4.69, 9.17) is 9.47 Å². The van der Waals surface area contributed by atoms with Crippen molar-refractivity contribution < 1.29 is 14.3 Å². The summed E-state index contributed by atoms with van der Waals surface area (Å²) in [7, 11) is 6.11. The molecule has 92 valence electrons. The van der Waals surface area contributed by atoms with Crippen molar-refractivity contribution in [2.24, 2.45) is 0 Å². The molecule has 4 nitrogen and oxygen atoms in total. The number of carbonyl (C=O) groups is 1. The van der Waals surface area contributed by atoms with Crippen molar-refractivity contribution in [1.29, 1.82) is 0 Å². The van der Waals surface area contributed by atoms with E-state index in [1.807, 2.05) is 30.5 Å². The normalized spacial score (nSPS) is 15.4. The highest BCUT2D eigenvalue weighted by Crippen LogP contribution is 2.32. The van der Waals surface area contributed by atoms with Gasteiger partial charge in [0.05, 0.1) is 6.04 Å². The van der Waals surface area contributed by atoms with E-state index in [9.17, 15) is 4.79 Å². The van der Waals surface area contributed by atoms with Crippen molar-refractivity contribution in [2.45, 2.75) is 18.2 Å². The molecule has 0 fully saturated rings. The van der Waals surface area contributed by atoms with Gasteiger partial charge in [0.15, 0.2) is 17.3 Å². The third-order valence-electron chi connectivity index (χ3n) is 2.70. The quantitative estimate of drug-likeness (QED) is 0.494. The number of carbonyl (C=O) groups excluding carboxylic acids is 1. The average molecular weight is 243 g/mol. The summed E-state index contributed by atoms with van der Waals surface area (Å²) in [5.74, 6) is 1.40. The van der Waals surface area contributed by atoms with Gasteiger partial charge >= 0.3 is 0 Å². The third kappa shape index (κ3) is 2.90. The van der Waals surface area contributed by atoms with E-state index in [0.29, 0.717) is 17.1 Å². The fourth-order valence-corrected chi connectivity index (χ4v) is 2.01. The summed E-state index contributed by atoms with van der Waals surface area (Å²) in [6.45, 7) is 2.10. The second kappa shape index (κ2) is 4.73. The van der Waals surface area contributed by atoms with Crippen molar-refractivity contribution in [3.05, 3.63) is 23.8 Å². The number of hydrogen-bond acceptors (Lipinski definition) is 4. The number of benzene rings is 1. The molecule has 0 spiro atoms. The van der Waals surface area contributed by atoms with Gasteiger partial charge in [0.2, 0.25) is 6.79 Å². The van der Waals surface area contributed by atoms with Crippen LogP contribution in [0.1, 0.15) is 17.3 Å². The number of ketones is 1. The monoisotopic (exact) mass is 243 g/mol. The van der Waals surface area contributed by atoms with Crippen molar-refractivity contribution in [3.8, 4) is 11.5 Å². The number of hydrogen-bond donors (Lipinski definition) is 1. The fraction of sp³-hybridized carbons (Fsp3) is 0.364. The van der Waals surface area contributed by atoms with E-state index in [1.165, 1.54) is 0 Å². The van der Waals surface area contributed by atoms with Gasteiger partial charge in [-0.25, -0.2) is 0 Å². The van der Waals surface area contributed by atoms with E-state index in [-0.39, 0.29) is 23.9 Å². The van der Waals surface area contributed by atoms with Gasteiger partial charge in [0.1, 0.15) is 23.5 Å². The molecule has 18 heavy (non-hydrogen) atoms. The molecule has 0 radical (unpaired) electrons. The smallest absolute Gasteiger partial charge is 0.231 e. The molecule has 1 aromatic rings. The van der Waals surface area contributed by atoms with E-state index < -0.39 is 0 Å². The number of nitrogens with one attached hydrogen (secondary N) is 1. The molecule has 0 saturated carbocycles. The molecule has 2 rings (SSSR count). The average Bonchev–Trinajstić information content (AvgIpc) is 2.72. The molecule has 1 aromatic carbocycles. The minimum atomic E-state index is -0.231. The van der Waals surface area contributed by atoms with Gasteiger partial charge in [-0.05, 0) is 25.1 Å². The molecule has 0 aliphatic carbocycles. The van der Waals surface area contributed by atoms with Gasteiger partial charge in [-0.3, -0.25) is 4.79 Å². The van der Waals surface area contributed by atoms with Crippen molar-refractivity contribution >= 4 is 29.3 Å². The van der Waals surface area contributed by atoms with Crippen molar-refractivity contribution in [3.63, 3.8) is 0 Å².